The molecule has 0 amide bonds. The Hall–Kier alpha value is -1.94. The summed E-state index contributed by atoms with van der Waals surface area (Å²) in [5.74, 6) is 0.673. The van der Waals surface area contributed by atoms with E-state index in [1.807, 2.05) is 42.2 Å². The maximum atomic E-state index is 11.3. The van der Waals surface area contributed by atoms with Crippen LogP contribution in [0.3, 0.4) is 0 Å². The Morgan fingerprint density at radius 2 is 2.21 bits per heavy atom. The lowest BCUT2D eigenvalue weighted by Gasteiger charge is -2.21. The lowest BCUT2D eigenvalue weighted by Crippen LogP contribution is -2.30. The summed E-state index contributed by atoms with van der Waals surface area (Å²) in [5.41, 5.74) is 0.749. The van der Waals surface area contributed by atoms with E-state index in [1.54, 1.807) is 0 Å². The van der Waals surface area contributed by atoms with Crippen LogP contribution in [-0.2, 0) is 0 Å². The van der Waals surface area contributed by atoms with Crippen molar-refractivity contribution >= 4 is 23.0 Å². The molecule has 0 radical (unpaired) electrons. The molecular formula is C15H16N2O2. The number of para-hydroxylation sites is 1. The molecule has 1 aromatic heterocycles. The van der Waals surface area contributed by atoms with Gasteiger partial charge in [0, 0.05) is 18.5 Å². The highest BCUT2D eigenvalue weighted by atomic mass is 16.3. The number of benzene rings is 1. The van der Waals surface area contributed by atoms with Crippen LogP contribution in [-0.4, -0.2) is 35.1 Å². The molecule has 4 nitrogen and oxygen atoms in total. The summed E-state index contributed by atoms with van der Waals surface area (Å²) in [7, 11) is 0. The van der Waals surface area contributed by atoms with Gasteiger partial charge in [0.1, 0.15) is 5.82 Å². The smallest absolute Gasteiger partial charge is 0.153 e. The van der Waals surface area contributed by atoms with Crippen molar-refractivity contribution in [2.24, 2.45) is 0 Å². The van der Waals surface area contributed by atoms with Crippen LogP contribution >= 0.6 is 0 Å². The minimum Gasteiger partial charge on any atom is -0.388 e. The first-order valence-corrected chi connectivity index (χ1v) is 6.41. The minimum atomic E-state index is -0.701. The molecule has 1 N–H and O–H groups in total. The Morgan fingerprint density at radius 3 is 2.89 bits per heavy atom. The zero-order valence-corrected chi connectivity index (χ0v) is 10.8. The van der Waals surface area contributed by atoms with E-state index < -0.39 is 5.60 Å². The number of anilines is 1. The normalized spacial score (nSPS) is 22.9. The molecule has 3 rings (SSSR count). The van der Waals surface area contributed by atoms with Gasteiger partial charge in [0.15, 0.2) is 6.29 Å². The monoisotopic (exact) mass is 256 g/mol. The van der Waals surface area contributed by atoms with Crippen molar-refractivity contribution in [2.75, 3.05) is 18.0 Å². The van der Waals surface area contributed by atoms with Gasteiger partial charge in [-0.2, -0.15) is 0 Å². The third kappa shape index (κ3) is 2.19. The molecule has 1 saturated heterocycles. The Labute approximate surface area is 111 Å². The van der Waals surface area contributed by atoms with E-state index in [4.69, 9.17) is 0 Å². The van der Waals surface area contributed by atoms with Gasteiger partial charge >= 0.3 is 0 Å². The van der Waals surface area contributed by atoms with Crippen molar-refractivity contribution in [3.8, 4) is 0 Å². The second kappa shape index (κ2) is 4.31. The van der Waals surface area contributed by atoms with E-state index in [1.165, 1.54) is 0 Å². The highest BCUT2D eigenvalue weighted by Gasteiger charge is 2.33. The summed E-state index contributed by atoms with van der Waals surface area (Å²) < 4.78 is 0. The molecule has 1 fully saturated rings. The SMILES string of the molecule is CC1(O)CCN(c2nc3ccccc3cc2C=O)C1. The second-order valence-electron chi connectivity index (χ2n) is 5.38. The zero-order valence-electron chi connectivity index (χ0n) is 10.8. The van der Waals surface area contributed by atoms with Gasteiger partial charge in [-0.15, -0.1) is 0 Å². The Morgan fingerprint density at radius 1 is 1.42 bits per heavy atom. The van der Waals surface area contributed by atoms with Crippen LogP contribution in [0.1, 0.15) is 23.7 Å². The van der Waals surface area contributed by atoms with Gasteiger partial charge in [-0.05, 0) is 25.5 Å². The van der Waals surface area contributed by atoms with Crippen molar-refractivity contribution < 1.29 is 9.90 Å². The number of aldehydes is 1. The third-order valence-corrected chi connectivity index (χ3v) is 3.61. The number of hydrogen-bond donors (Lipinski definition) is 1. The molecule has 1 aliphatic rings. The quantitative estimate of drug-likeness (QED) is 0.835. The molecule has 0 saturated carbocycles. The summed E-state index contributed by atoms with van der Waals surface area (Å²) in [6.45, 7) is 3.05. The second-order valence-corrected chi connectivity index (χ2v) is 5.38. The summed E-state index contributed by atoms with van der Waals surface area (Å²) in [6, 6.07) is 9.59. The maximum Gasteiger partial charge on any atom is 0.153 e. The number of β-amino-alcohol motifs (C(OH)–C–C–N with tert-alkyl or cyclic N) is 1. The van der Waals surface area contributed by atoms with Gasteiger partial charge in [-0.25, -0.2) is 4.98 Å². The number of aliphatic hydroxyl groups is 1. The van der Waals surface area contributed by atoms with E-state index in [0.29, 0.717) is 24.3 Å². The molecule has 1 unspecified atom stereocenters. The molecule has 98 valence electrons. The van der Waals surface area contributed by atoms with E-state index in [2.05, 4.69) is 4.98 Å². The molecule has 0 spiro atoms. The fourth-order valence-electron chi connectivity index (χ4n) is 2.59. The van der Waals surface area contributed by atoms with Gasteiger partial charge < -0.3 is 10.0 Å². The number of hydrogen-bond acceptors (Lipinski definition) is 4. The summed E-state index contributed by atoms with van der Waals surface area (Å²) >= 11 is 0. The molecule has 1 aromatic carbocycles. The lowest BCUT2D eigenvalue weighted by molar-refractivity contribution is 0.0838. The average molecular weight is 256 g/mol. The predicted octanol–water partition coefficient (Wildman–Crippen LogP) is 2.01. The molecule has 4 heteroatoms. The molecule has 1 aliphatic heterocycles. The van der Waals surface area contributed by atoms with Crippen LogP contribution in [0, 0.1) is 0 Å². The van der Waals surface area contributed by atoms with Crippen LogP contribution < -0.4 is 4.90 Å². The van der Waals surface area contributed by atoms with Crippen molar-refractivity contribution in [1.29, 1.82) is 0 Å². The first kappa shape index (κ1) is 12.1. The molecule has 0 bridgehead atoms. The van der Waals surface area contributed by atoms with Crippen molar-refractivity contribution in [3.63, 3.8) is 0 Å². The summed E-state index contributed by atoms with van der Waals surface area (Å²) in [6.07, 6.45) is 1.53. The fourth-order valence-corrected chi connectivity index (χ4v) is 2.59. The Balaban J connectivity index is 2.09. The van der Waals surface area contributed by atoms with Crippen molar-refractivity contribution in [3.05, 3.63) is 35.9 Å². The van der Waals surface area contributed by atoms with Gasteiger partial charge in [0.25, 0.3) is 0 Å². The van der Waals surface area contributed by atoms with Crippen molar-refractivity contribution in [2.45, 2.75) is 18.9 Å². The van der Waals surface area contributed by atoms with Crippen LogP contribution in [0.5, 0.6) is 0 Å². The fraction of sp³-hybridized carbons (Fsp3) is 0.333. The molecule has 0 aliphatic carbocycles. The number of rotatable bonds is 2. The van der Waals surface area contributed by atoms with Gasteiger partial charge in [0.05, 0.1) is 16.7 Å². The third-order valence-electron chi connectivity index (χ3n) is 3.61. The first-order valence-electron chi connectivity index (χ1n) is 6.41. The van der Waals surface area contributed by atoms with E-state index in [0.717, 1.165) is 23.7 Å². The Bertz CT molecular complexity index is 637. The highest BCUT2D eigenvalue weighted by Crippen LogP contribution is 2.29. The van der Waals surface area contributed by atoms with Gasteiger partial charge in [0.2, 0.25) is 0 Å². The first-order chi connectivity index (χ1) is 9.09. The topological polar surface area (TPSA) is 53.4 Å². The van der Waals surface area contributed by atoms with Crippen molar-refractivity contribution in [1.82, 2.24) is 4.98 Å². The van der Waals surface area contributed by atoms with E-state index in [9.17, 15) is 9.90 Å². The van der Waals surface area contributed by atoms with Gasteiger partial charge in [-0.3, -0.25) is 4.79 Å². The number of pyridine rings is 1. The summed E-state index contributed by atoms with van der Waals surface area (Å²) in [5, 5.41) is 11.0. The van der Waals surface area contributed by atoms with E-state index in [-0.39, 0.29) is 0 Å². The predicted molar refractivity (Wildman–Crippen MR) is 74.6 cm³/mol. The Kier molecular flexibility index (Phi) is 2.75. The molecular weight excluding hydrogens is 240 g/mol. The molecule has 1 atom stereocenters. The average Bonchev–Trinajstić information content (AvgIpc) is 2.77. The number of nitrogens with zero attached hydrogens (tertiary/aromatic N) is 2. The number of carbonyl (C=O) groups is 1. The number of carbonyl (C=O) groups excluding carboxylic acids is 1. The van der Waals surface area contributed by atoms with Crippen LogP contribution in [0.25, 0.3) is 10.9 Å². The number of aromatic nitrogens is 1. The standard InChI is InChI=1S/C15H16N2O2/c1-15(19)6-7-17(10-15)14-12(9-18)8-11-4-2-3-5-13(11)16-14/h2-5,8-9,19H,6-7,10H2,1H3. The van der Waals surface area contributed by atoms with Crippen LogP contribution in [0.15, 0.2) is 30.3 Å². The highest BCUT2D eigenvalue weighted by molar-refractivity contribution is 5.91. The van der Waals surface area contributed by atoms with Gasteiger partial charge in [-0.1, -0.05) is 18.2 Å². The van der Waals surface area contributed by atoms with E-state index >= 15 is 0 Å². The number of fused-ring (bicyclic) bond motifs is 1. The van der Waals surface area contributed by atoms with Crippen LogP contribution in [0.2, 0.25) is 0 Å². The maximum absolute atomic E-state index is 11.3. The largest absolute Gasteiger partial charge is 0.388 e. The lowest BCUT2D eigenvalue weighted by atomic mass is 10.1. The molecule has 2 heterocycles. The summed E-state index contributed by atoms with van der Waals surface area (Å²) in [4.78, 5) is 17.8. The minimum absolute atomic E-state index is 0.513. The van der Waals surface area contributed by atoms with Crippen LogP contribution in [0.4, 0.5) is 5.82 Å². The molecule has 2 aromatic rings. The zero-order chi connectivity index (χ0) is 13.5. The molecule has 19 heavy (non-hydrogen) atoms.